The average Bonchev–Trinajstić information content (AvgIpc) is 3.57. The summed E-state index contributed by atoms with van der Waals surface area (Å²) in [5, 5.41) is 15.4. The zero-order valence-corrected chi connectivity index (χ0v) is 21.5. The van der Waals surface area contributed by atoms with Crippen LogP contribution in [0.3, 0.4) is 0 Å². The van der Waals surface area contributed by atoms with Crippen molar-refractivity contribution in [2.45, 2.75) is 37.9 Å². The lowest BCUT2D eigenvalue weighted by Gasteiger charge is -2.44. The molecule has 1 saturated heterocycles. The number of aliphatic hydroxyl groups is 1. The predicted octanol–water partition coefficient (Wildman–Crippen LogP) is 5.30. The molecule has 1 aliphatic heterocycles. The number of para-hydroxylation sites is 1. The van der Waals surface area contributed by atoms with Crippen LogP contribution >= 0.6 is 22.7 Å². The zero-order valence-electron chi connectivity index (χ0n) is 19.9. The van der Waals surface area contributed by atoms with E-state index in [0.29, 0.717) is 22.3 Å². The third kappa shape index (κ3) is 5.54. The van der Waals surface area contributed by atoms with Crippen LogP contribution in [0, 0.1) is 5.92 Å². The van der Waals surface area contributed by atoms with Crippen molar-refractivity contribution in [3.05, 3.63) is 75.1 Å². The van der Waals surface area contributed by atoms with Gasteiger partial charge in [-0.15, -0.1) is 22.7 Å². The Morgan fingerprint density at radius 1 is 1.09 bits per heavy atom. The van der Waals surface area contributed by atoms with E-state index in [-0.39, 0.29) is 6.10 Å². The molecular weight excluding hydrogens is 466 g/mol. The molecule has 1 aromatic carbocycles. The van der Waals surface area contributed by atoms with Gasteiger partial charge in [0.1, 0.15) is 12.3 Å². The van der Waals surface area contributed by atoms with E-state index in [1.54, 1.807) is 12.1 Å². The lowest BCUT2D eigenvalue weighted by Crippen LogP contribution is -2.58. The van der Waals surface area contributed by atoms with Crippen molar-refractivity contribution in [3.63, 3.8) is 0 Å². The van der Waals surface area contributed by atoms with Crippen LogP contribution < -0.4 is 4.74 Å². The number of likely N-dealkylation sites (tertiary alicyclic amines) is 1. The van der Waals surface area contributed by atoms with Gasteiger partial charge in [0.15, 0.2) is 6.10 Å². The monoisotopic (exact) mass is 500 g/mol. The van der Waals surface area contributed by atoms with Crippen LogP contribution in [-0.4, -0.2) is 55.0 Å². The van der Waals surface area contributed by atoms with Gasteiger partial charge in [-0.2, -0.15) is 0 Å². The number of rotatable bonds is 10. The fourth-order valence-electron chi connectivity index (χ4n) is 4.81. The number of hydrogen-bond acceptors (Lipinski definition) is 6. The second-order valence-corrected chi connectivity index (χ2v) is 11.2. The summed E-state index contributed by atoms with van der Waals surface area (Å²) in [6, 6.07) is 17.2. The van der Waals surface area contributed by atoms with Crippen molar-refractivity contribution in [1.82, 2.24) is 0 Å². The molecule has 1 N–H and O–H groups in total. The largest absolute Gasteiger partial charge is 0.493 e. The number of benzene rings is 1. The standard InChI is InChI=1S/C27H34NO4S2/c1-3-21-14-16-28(2,15-9-17-31-22-10-5-4-6-11-22)20-23(21)32-26(29)27(30,24-12-7-18-33-24)25-13-8-19-34-25/h4-8,10-13,18-19,21,23,30H,3,9,14-17,20H2,1-2H3/q+1. The van der Waals surface area contributed by atoms with Gasteiger partial charge in [-0.05, 0) is 41.4 Å². The molecule has 1 aliphatic rings. The summed E-state index contributed by atoms with van der Waals surface area (Å²) in [6.45, 7) is 5.58. The van der Waals surface area contributed by atoms with E-state index < -0.39 is 11.6 Å². The molecule has 34 heavy (non-hydrogen) atoms. The zero-order chi connectivity index (χ0) is 24.0. The molecule has 4 rings (SSSR count). The minimum absolute atomic E-state index is 0.224. The molecule has 0 spiro atoms. The topological polar surface area (TPSA) is 55.8 Å². The van der Waals surface area contributed by atoms with Gasteiger partial charge in [0.05, 0.1) is 36.5 Å². The number of ether oxygens (including phenoxy) is 2. The lowest BCUT2D eigenvalue weighted by molar-refractivity contribution is -0.918. The smallest absolute Gasteiger partial charge is 0.349 e. The number of thiophene rings is 2. The summed E-state index contributed by atoms with van der Waals surface area (Å²) in [7, 11) is 2.24. The van der Waals surface area contributed by atoms with Crippen molar-refractivity contribution in [2.75, 3.05) is 33.3 Å². The third-order valence-electron chi connectivity index (χ3n) is 6.87. The maximum absolute atomic E-state index is 13.5. The molecule has 3 atom stereocenters. The fraction of sp³-hybridized carbons (Fsp3) is 0.444. The number of carbonyl (C=O) groups is 1. The molecule has 3 heterocycles. The first-order chi connectivity index (χ1) is 16.4. The molecule has 0 bridgehead atoms. The van der Waals surface area contributed by atoms with Crippen LogP contribution in [-0.2, 0) is 15.1 Å². The minimum atomic E-state index is -1.76. The second-order valence-electron chi connectivity index (χ2n) is 9.33. The Balaban J connectivity index is 1.42. The van der Waals surface area contributed by atoms with E-state index in [0.717, 1.165) is 49.1 Å². The highest BCUT2D eigenvalue weighted by atomic mass is 32.1. The van der Waals surface area contributed by atoms with E-state index >= 15 is 0 Å². The maximum atomic E-state index is 13.5. The average molecular weight is 501 g/mol. The van der Waals surface area contributed by atoms with Crippen molar-refractivity contribution in [2.24, 2.45) is 5.92 Å². The van der Waals surface area contributed by atoms with Crippen molar-refractivity contribution in [1.29, 1.82) is 0 Å². The van der Waals surface area contributed by atoms with Crippen LogP contribution in [0.2, 0.25) is 0 Å². The Morgan fingerprint density at radius 3 is 2.35 bits per heavy atom. The van der Waals surface area contributed by atoms with E-state index in [1.165, 1.54) is 22.7 Å². The van der Waals surface area contributed by atoms with Crippen molar-refractivity contribution < 1.29 is 23.9 Å². The Morgan fingerprint density at radius 2 is 1.76 bits per heavy atom. The van der Waals surface area contributed by atoms with Crippen molar-refractivity contribution in [3.8, 4) is 5.75 Å². The Hall–Kier alpha value is -2.19. The molecule has 0 radical (unpaired) electrons. The number of esters is 1. The molecule has 5 nitrogen and oxygen atoms in total. The van der Waals surface area contributed by atoms with Gasteiger partial charge in [0, 0.05) is 18.8 Å². The van der Waals surface area contributed by atoms with Gasteiger partial charge >= 0.3 is 5.97 Å². The van der Waals surface area contributed by atoms with Gasteiger partial charge in [0.2, 0.25) is 5.60 Å². The van der Waals surface area contributed by atoms with Crippen LogP contribution in [0.25, 0.3) is 0 Å². The van der Waals surface area contributed by atoms with Gasteiger partial charge in [-0.25, -0.2) is 4.79 Å². The van der Waals surface area contributed by atoms with E-state index in [4.69, 9.17) is 9.47 Å². The van der Waals surface area contributed by atoms with Crippen LogP contribution in [0.4, 0.5) is 0 Å². The highest BCUT2D eigenvalue weighted by Gasteiger charge is 2.47. The van der Waals surface area contributed by atoms with E-state index in [9.17, 15) is 9.90 Å². The molecule has 2 aromatic heterocycles. The second kappa shape index (κ2) is 11.0. The Bertz CT molecular complexity index is 988. The first kappa shape index (κ1) is 24.9. The number of quaternary nitrogens is 1. The minimum Gasteiger partial charge on any atom is -0.493 e. The van der Waals surface area contributed by atoms with Gasteiger partial charge < -0.3 is 19.1 Å². The molecule has 0 saturated carbocycles. The Kier molecular flexibility index (Phi) is 8.09. The summed E-state index contributed by atoms with van der Waals surface area (Å²) >= 11 is 2.75. The quantitative estimate of drug-likeness (QED) is 0.233. The number of nitrogens with zero attached hydrogens (tertiary/aromatic N) is 1. The molecule has 0 amide bonds. The normalized spacial score (nSPS) is 22.9. The number of piperidine rings is 1. The van der Waals surface area contributed by atoms with Crippen LogP contribution in [0.5, 0.6) is 5.75 Å². The molecule has 7 heteroatoms. The molecule has 3 unspecified atom stereocenters. The molecule has 1 fully saturated rings. The number of likely N-dealkylation sites (N-methyl/N-ethyl adjacent to an activating group) is 1. The fourth-order valence-corrected chi connectivity index (χ4v) is 6.52. The molecule has 0 aliphatic carbocycles. The van der Waals surface area contributed by atoms with Gasteiger partial charge in [0.25, 0.3) is 0 Å². The predicted molar refractivity (Wildman–Crippen MR) is 137 cm³/mol. The summed E-state index contributed by atoms with van der Waals surface area (Å²) in [6.07, 6.45) is 2.65. The highest BCUT2D eigenvalue weighted by molar-refractivity contribution is 7.12. The summed E-state index contributed by atoms with van der Waals surface area (Å²) in [5.41, 5.74) is -1.76. The van der Waals surface area contributed by atoms with E-state index in [2.05, 4.69) is 14.0 Å². The summed E-state index contributed by atoms with van der Waals surface area (Å²) in [4.78, 5) is 14.7. The molecule has 3 aromatic rings. The molecular formula is C27H34NO4S2+. The lowest BCUT2D eigenvalue weighted by atomic mass is 9.89. The first-order valence-corrected chi connectivity index (χ1v) is 13.7. The maximum Gasteiger partial charge on any atom is 0.349 e. The number of carbonyl (C=O) groups excluding carboxylic acids is 1. The van der Waals surface area contributed by atoms with E-state index in [1.807, 2.05) is 53.2 Å². The van der Waals surface area contributed by atoms with Gasteiger partial charge in [-0.3, -0.25) is 0 Å². The van der Waals surface area contributed by atoms with Crippen molar-refractivity contribution >= 4 is 28.6 Å². The van der Waals surface area contributed by atoms with Crippen LogP contribution in [0.1, 0.15) is 35.9 Å². The summed E-state index contributed by atoms with van der Waals surface area (Å²) < 4.78 is 12.9. The summed E-state index contributed by atoms with van der Waals surface area (Å²) in [5.74, 6) is 0.622. The SMILES string of the molecule is CCC1CC[N+](C)(CCCOc2ccccc2)CC1OC(=O)C(O)(c1cccs1)c1cccs1. The van der Waals surface area contributed by atoms with Crippen LogP contribution in [0.15, 0.2) is 65.4 Å². The van der Waals surface area contributed by atoms with Gasteiger partial charge in [-0.1, -0.05) is 37.3 Å². The Labute approximate surface area is 210 Å². The first-order valence-electron chi connectivity index (χ1n) is 12.0. The molecule has 182 valence electrons. The third-order valence-corrected chi connectivity index (χ3v) is 8.83. The number of hydrogen-bond donors (Lipinski definition) is 1. The highest BCUT2D eigenvalue weighted by Crippen LogP contribution is 2.38.